The van der Waals surface area contributed by atoms with E-state index in [4.69, 9.17) is 4.74 Å². The molecule has 1 fully saturated rings. The summed E-state index contributed by atoms with van der Waals surface area (Å²) in [7, 11) is 1.73. The number of nitrogens with one attached hydrogen (secondary N) is 1. The van der Waals surface area contributed by atoms with Crippen molar-refractivity contribution in [1.82, 2.24) is 5.32 Å². The lowest BCUT2D eigenvalue weighted by Crippen LogP contribution is -2.32. The quantitative estimate of drug-likeness (QED) is 0.796. The second-order valence-corrected chi connectivity index (χ2v) is 5.66. The Morgan fingerprint density at radius 1 is 1.22 bits per heavy atom. The van der Waals surface area contributed by atoms with Gasteiger partial charge >= 0.3 is 0 Å². The van der Waals surface area contributed by atoms with Crippen LogP contribution in [-0.4, -0.2) is 44.9 Å². The highest BCUT2D eigenvalue weighted by molar-refractivity contribution is 7.99. The van der Waals surface area contributed by atoms with E-state index in [1.54, 1.807) is 7.11 Å². The fraction of sp³-hybridized carbons (Fsp3) is 0.571. The Bertz CT molecular complexity index is 336. The zero-order valence-corrected chi connectivity index (χ0v) is 11.8. The Hall–Kier alpha value is -0.710. The molecular weight excluding hydrogens is 244 g/mol. The Morgan fingerprint density at radius 3 is 2.61 bits per heavy atom. The van der Waals surface area contributed by atoms with Gasteiger partial charge in [-0.15, -0.1) is 0 Å². The highest BCUT2D eigenvalue weighted by Gasteiger charge is 2.10. The van der Waals surface area contributed by atoms with Crippen LogP contribution in [0.5, 0.6) is 0 Å². The minimum absolute atomic E-state index is 0.767. The maximum Gasteiger partial charge on any atom is 0.0587 e. The van der Waals surface area contributed by atoms with E-state index in [0.29, 0.717) is 0 Å². The number of methoxy groups -OCH3 is 1. The Kier molecular flexibility index (Phi) is 5.84. The van der Waals surface area contributed by atoms with Gasteiger partial charge in [0, 0.05) is 50.5 Å². The van der Waals surface area contributed by atoms with E-state index in [0.717, 1.165) is 19.7 Å². The summed E-state index contributed by atoms with van der Waals surface area (Å²) in [5, 5.41) is 3.36. The molecule has 0 spiro atoms. The number of ether oxygens (including phenoxy) is 1. The molecule has 1 heterocycles. The molecule has 0 aliphatic carbocycles. The third kappa shape index (κ3) is 4.19. The first-order valence-electron chi connectivity index (χ1n) is 6.51. The van der Waals surface area contributed by atoms with Gasteiger partial charge in [0.25, 0.3) is 0 Å². The molecule has 100 valence electrons. The van der Waals surface area contributed by atoms with Gasteiger partial charge in [-0.25, -0.2) is 0 Å². The lowest BCUT2D eigenvalue weighted by Gasteiger charge is -2.28. The molecule has 0 radical (unpaired) electrons. The van der Waals surface area contributed by atoms with Crippen LogP contribution in [0.25, 0.3) is 0 Å². The second kappa shape index (κ2) is 7.67. The molecule has 4 heteroatoms. The van der Waals surface area contributed by atoms with Gasteiger partial charge in [0.1, 0.15) is 0 Å². The zero-order valence-electron chi connectivity index (χ0n) is 11.0. The summed E-state index contributed by atoms with van der Waals surface area (Å²) in [6.45, 7) is 4.94. The third-order valence-electron chi connectivity index (χ3n) is 3.12. The lowest BCUT2D eigenvalue weighted by molar-refractivity contribution is 0.199. The molecular formula is C14H22N2OS. The van der Waals surface area contributed by atoms with Crippen LogP contribution in [0.15, 0.2) is 24.3 Å². The van der Waals surface area contributed by atoms with E-state index in [1.165, 1.54) is 35.8 Å². The number of benzene rings is 1. The Balaban J connectivity index is 1.81. The van der Waals surface area contributed by atoms with Crippen molar-refractivity contribution in [3.05, 3.63) is 29.8 Å². The Morgan fingerprint density at radius 2 is 1.94 bits per heavy atom. The van der Waals surface area contributed by atoms with Crippen LogP contribution in [0.2, 0.25) is 0 Å². The molecule has 0 bridgehead atoms. The molecule has 0 atom stereocenters. The number of nitrogens with zero attached hydrogens (tertiary/aromatic N) is 1. The summed E-state index contributed by atoms with van der Waals surface area (Å²) in [5.41, 5.74) is 2.69. The molecule has 0 amide bonds. The van der Waals surface area contributed by atoms with E-state index in [1.807, 2.05) is 11.8 Å². The number of rotatable bonds is 6. The van der Waals surface area contributed by atoms with Crippen molar-refractivity contribution in [2.24, 2.45) is 0 Å². The van der Waals surface area contributed by atoms with Crippen molar-refractivity contribution in [2.75, 3.05) is 49.8 Å². The van der Waals surface area contributed by atoms with Crippen LogP contribution in [0.4, 0.5) is 5.69 Å². The maximum atomic E-state index is 5.01. The number of hydrogen-bond acceptors (Lipinski definition) is 4. The van der Waals surface area contributed by atoms with E-state index in [-0.39, 0.29) is 0 Å². The molecule has 1 aliphatic rings. The van der Waals surface area contributed by atoms with Gasteiger partial charge in [0.05, 0.1) is 6.61 Å². The molecule has 0 aromatic heterocycles. The highest BCUT2D eigenvalue weighted by atomic mass is 32.2. The number of thioether (sulfide) groups is 1. The summed E-state index contributed by atoms with van der Waals surface area (Å²) in [5.74, 6) is 2.50. The summed E-state index contributed by atoms with van der Waals surface area (Å²) >= 11 is 2.05. The monoisotopic (exact) mass is 266 g/mol. The van der Waals surface area contributed by atoms with E-state index in [9.17, 15) is 0 Å². The molecule has 1 aromatic rings. The molecule has 0 saturated carbocycles. The van der Waals surface area contributed by atoms with Gasteiger partial charge in [-0.2, -0.15) is 11.8 Å². The van der Waals surface area contributed by atoms with E-state index < -0.39 is 0 Å². The smallest absolute Gasteiger partial charge is 0.0587 e. The summed E-state index contributed by atoms with van der Waals surface area (Å²) in [4.78, 5) is 2.47. The van der Waals surface area contributed by atoms with Gasteiger partial charge in [-0.3, -0.25) is 0 Å². The molecule has 1 aliphatic heterocycles. The van der Waals surface area contributed by atoms with Crippen molar-refractivity contribution in [2.45, 2.75) is 6.54 Å². The lowest BCUT2D eigenvalue weighted by atomic mass is 10.2. The Labute approximate surface area is 114 Å². The topological polar surface area (TPSA) is 24.5 Å². The first-order valence-corrected chi connectivity index (χ1v) is 7.67. The fourth-order valence-corrected chi connectivity index (χ4v) is 2.96. The van der Waals surface area contributed by atoms with Crippen LogP contribution < -0.4 is 10.2 Å². The van der Waals surface area contributed by atoms with Gasteiger partial charge in [0.15, 0.2) is 0 Å². The molecule has 1 aromatic carbocycles. The van der Waals surface area contributed by atoms with Crippen LogP contribution in [0, 0.1) is 0 Å². The van der Waals surface area contributed by atoms with Crippen molar-refractivity contribution < 1.29 is 4.74 Å². The number of hydrogen-bond donors (Lipinski definition) is 1. The fourth-order valence-electron chi connectivity index (χ4n) is 2.05. The molecule has 0 unspecified atom stereocenters. The van der Waals surface area contributed by atoms with Crippen molar-refractivity contribution in [1.29, 1.82) is 0 Å². The first-order chi connectivity index (χ1) is 8.90. The van der Waals surface area contributed by atoms with Gasteiger partial charge in [-0.05, 0) is 17.7 Å². The zero-order chi connectivity index (χ0) is 12.6. The average Bonchev–Trinajstić information content (AvgIpc) is 2.45. The molecule has 18 heavy (non-hydrogen) atoms. The normalized spacial score (nSPS) is 15.9. The van der Waals surface area contributed by atoms with Crippen molar-refractivity contribution >= 4 is 17.4 Å². The highest BCUT2D eigenvalue weighted by Crippen LogP contribution is 2.19. The predicted octanol–water partition coefficient (Wildman–Crippen LogP) is 1.98. The first kappa shape index (κ1) is 13.7. The van der Waals surface area contributed by atoms with E-state index >= 15 is 0 Å². The standard InChI is InChI=1S/C14H22N2OS/c1-17-9-6-15-12-13-2-4-14(5-3-13)16-7-10-18-11-8-16/h2-5,15H,6-12H2,1H3. The molecule has 1 N–H and O–H groups in total. The summed E-state index contributed by atoms with van der Waals surface area (Å²) < 4.78 is 5.01. The number of anilines is 1. The molecule has 2 rings (SSSR count). The third-order valence-corrected chi connectivity index (χ3v) is 4.07. The van der Waals surface area contributed by atoms with E-state index in [2.05, 4.69) is 34.5 Å². The summed E-state index contributed by atoms with van der Waals surface area (Å²) in [6.07, 6.45) is 0. The predicted molar refractivity (Wildman–Crippen MR) is 79.6 cm³/mol. The van der Waals surface area contributed by atoms with Gasteiger partial charge in [0.2, 0.25) is 0 Å². The summed E-state index contributed by atoms with van der Waals surface area (Å²) in [6, 6.07) is 8.92. The average molecular weight is 266 g/mol. The van der Waals surface area contributed by atoms with Crippen LogP contribution in [0.3, 0.4) is 0 Å². The van der Waals surface area contributed by atoms with Crippen LogP contribution >= 0.6 is 11.8 Å². The second-order valence-electron chi connectivity index (χ2n) is 4.44. The van der Waals surface area contributed by atoms with Crippen LogP contribution in [-0.2, 0) is 11.3 Å². The maximum absolute atomic E-state index is 5.01. The molecule has 3 nitrogen and oxygen atoms in total. The minimum Gasteiger partial charge on any atom is -0.383 e. The van der Waals surface area contributed by atoms with Crippen molar-refractivity contribution in [3.8, 4) is 0 Å². The van der Waals surface area contributed by atoms with Gasteiger partial charge in [-0.1, -0.05) is 12.1 Å². The molecule has 1 saturated heterocycles. The minimum atomic E-state index is 0.767. The van der Waals surface area contributed by atoms with Crippen LogP contribution in [0.1, 0.15) is 5.56 Å². The van der Waals surface area contributed by atoms with Crippen molar-refractivity contribution in [3.63, 3.8) is 0 Å². The SMILES string of the molecule is COCCNCc1ccc(N2CCSCC2)cc1. The van der Waals surface area contributed by atoms with Gasteiger partial charge < -0.3 is 15.0 Å². The largest absolute Gasteiger partial charge is 0.383 e.